The molecule has 0 aliphatic carbocycles. The summed E-state index contributed by atoms with van der Waals surface area (Å²) in [4.78, 5) is 32.7. The Kier molecular flexibility index (Phi) is 7.77. The highest BCUT2D eigenvalue weighted by Crippen LogP contribution is 1.97. The number of carboxylic acids is 1. The van der Waals surface area contributed by atoms with Crippen molar-refractivity contribution in [2.24, 2.45) is 5.73 Å². The number of carbonyl (C=O) groups is 3. The van der Waals surface area contributed by atoms with Crippen LogP contribution in [-0.4, -0.2) is 35.6 Å². The number of nitrogens with two attached hydrogens (primary N) is 1. The molecule has 0 aliphatic rings. The SMILES string of the molecule is CC#CCCNC(=O)N[C@@H](CCC(N)=O)C(=O)O. The Labute approximate surface area is 105 Å². The molecule has 0 spiro atoms. The molecular weight excluding hydrogens is 238 g/mol. The summed E-state index contributed by atoms with van der Waals surface area (Å²) in [5, 5.41) is 13.5. The van der Waals surface area contributed by atoms with E-state index < -0.39 is 23.9 Å². The summed E-state index contributed by atoms with van der Waals surface area (Å²) in [6.45, 7) is 2.01. The van der Waals surface area contributed by atoms with E-state index in [1.807, 2.05) is 0 Å². The predicted octanol–water partition coefficient (Wildman–Crippen LogP) is -0.582. The summed E-state index contributed by atoms with van der Waals surface area (Å²) in [5.41, 5.74) is 4.91. The van der Waals surface area contributed by atoms with Gasteiger partial charge in [0.2, 0.25) is 5.91 Å². The van der Waals surface area contributed by atoms with Crippen LogP contribution in [0.2, 0.25) is 0 Å². The van der Waals surface area contributed by atoms with E-state index in [-0.39, 0.29) is 12.8 Å². The van der Waals surface area contributed by atoms with Gasteiger partial charge in [0.15, 0.2) is 0 Å². The van der Waals surface area contributed by atoms with Crippen molar-refractivity contribution in [3.8, 4) is 11.8 Å². The zero-order valence-electron chi connectivity index (χ0n) is 10.2. The molecule has 0 aromatic carbocycles. The van der Waals surface area contributed by atoms with Gasteiger partial charge in [-0.05, 0) is 13.3 Å². The van der Waals surface area contributed by atoms with Gasteiger partial charge >= 0.3 is 12.0 Å². The smallest absolute Gasteiger partial charge is 0.326 e. The van der Waals surface area contributed by atoms with Crippen molar-refractivity contribution in [3.63, 3.8) is 0 Å². The van der Waals surface area contributed by atoms with E-state index in [2.05, 4.69) is 22.5 Å². The Balaban J connectivity index is 4.06. The molecule has 100 valence electrons. The standard InChI is InChI=1S/C11H17N3O4/c1-2-3-4-7-13-11(18)14-8(10(16)17)5-6-9(12)15/h8H,4-7H2,1H3,(H2,12,15)(H,16,17)(H2,13,14,18)/t8-/m0/s1. The molecule has 5 N–H and O–H groups in total. The first-order chi connectivity index (χ1) is 8.47. The van der Waals surface area contributed by atoms with Gasteiger partial charge in [0.25, 0.3) is 0 Å². The molecule has 0 radical (unpaired) electrons. The zero-order chi connectivity index (χ0) is 14.0. The molecule has 0 bridgehead atoms. The molecule has 0 saturated carbocycles. The second kappa shape index (κ2) is 8.87. The van der Waals surface area contributed by atoms with Crippen LogP contribution >= 0.6 is 0 Å². The lowest BCUT2D eigenvalue weighted by Crippen LogP contribution is -2.46. The fourth-order valence-corrected chi connectivity index (χ4v) is 1.12. The molecule has 0 aromatic heterocycles. The summed E-state index contributed by atoms with van der Waals surface area (Å²) >= 11 is 0. The molecule has 3 amide bonds. The highest BCUT2D eigenvalue weighted by molar-refractivity contribution is 5.83. The van der Waals surface area contributed by atoms with E-state index in [0.29, 0.717) is 13.0 Å². The molecule has 1 atom stereocenters. The lowest BCUT2D eigenvalue weighted by Gasteiger charge is -2.13. The predicted molar refractivity (Wildman–Crippen MR) is 64.5 cm³/mol. The van der Waals surface area contributed by atoms with Gasteiger partial charge in [-0.3, -0.25) is 4.79 Å². The van der Waals surface area contributed by atoms with E-state index in [0.717, 1.165) is 0 Å². The first-order valence-electron chi connectivity index (χ1n) is 5.42. The Bertz CT molecular complexity index is 370. The number of hydrogen-bond acceptors (Lipinski definition) is 3. The summed E-state index contributed by atoms with van der Waals surface area (Å²) < 4.78 is 0. The maximum Gasteiger partial charge on any atom is 0.326 e. The first kappa shape index (κ1) is 15.8. The minimum atomic E-state index is -1.21. The van der Waals surface area contributed by atoms with Crippen LogP contribution in [0.15, 0.2) is 0 Å². The van der Waals surface area contributed by atoms with E-state index in [1.165, 1.54) is 0 Å². The van der Waals surface area contributed by atoms with Crippen LogP contribution in [0.1, 0.15) is 26.2 Å². The van der Waals surface area contributed by atoms with E-state index >= 15 is 0 Å². The highest BCUT2D eigenvalue weighted by Gasteiger charge is 2.19. The van der Waals surface area contributed by atoms with E-state index in [9.17, 15) is 14.4 Å². The summed E-state index contributed by atoms with van der Waals surface area (Å²) in [5.74, 6) is 3.60. The fraction of sp³-hybridized carbons (Fsp3) is 0.545. The van der Waals surface area contributed by atoms with Crippen molar-refractivity contribution in [2.75, 3.05) is 6.54 Å². The average molecular weight is 255 g/mol. The van der Waals surface area contributed by atoms with Crippen LogP contribution < -0.4 is 16.4 Å². The maximum absolute atomic E-state index is 11.3. The molecule has 0 aromatic rings. The Morgan fingerprint density at radius 1 is 1.39 bits per heavy atom. The minimum Gasteiger partial charge on any atom is -0.480 e. The number of primary amides is 1. The molecule has 0 unspecified atom stereocenters. The fourth-order valence-electron chi connectivity index (χ4n) is 1.12. The minimum absolute atomic E-state index is 0.0349. The number of urea groups is 1. The molecule has 0 fully saturated rings. The average Bonchev–Trinajstić information content (AvgIpc) is 2.29. The Morgan fingerprint density at radius 3 is 2.56 bits per heavy atom. The van der Waals surface area contributed by atoms with Crippen LogP contribution in [0.4, 0.5) is 4.79 Å². The summed E-state index contributed by atoms with van der Waals surface area (Å²) in [7, 11) is 0. The van der Waals surface area contributed by atoms with Gasteiger partial charge in [-0.2, -0.15) is 0 Å². The van der Waals surface area contributed by atoms with Crippen molar-refractivity contribution in [1.29, 1.82) is 0 Å². The third-order valence-electron chi connectivity index (χ3n) is 2.00. The van der Waals surface area contributed by atoms with Gasteiger partial charge in [0.1, 0.15) is 6.04 Å². The third-order valence-corrected chi connectivity index (χ3v) is 2.00. The Hall–Kier alpha value is -2.23. The van der Waals surface area contributed by atoms with Crippen molar-refractivity contribution in [1.82, 2.24) is 10.6 Å². The molecule has 18 heavy (non-hydrogen) atoms. The number of amides is 3. The topological polar surface area (TPSA) is 122 Å². The second-order valence-electron chi connectivity index (χ2n) is 3.47. The van der Waals surface area contributed by atoms with Crippen molar-refractivity contribution < 1.29 is 19.5 Å². The second-order valence-corrected chi connectivity index (χ2v) is 3.47. The maximum atomic E-state index is 11.3. The number of hydrogen-bond donors (Lipinski definition) is 4. The lowest BCUT2D eigenvalue weighted by atomic mass is 10.1. The monoisotopic (exact) mass is 255 g/mol. The van der Waals surface area contributed by atoms with Gasteiger partial charge in [0.05, 0.1) is 0 Å². The largest absolute Gasteiger partial charge is 0.480 e. The quantitative estimate of drug-likeness (QED) is 0.359. The molecule has 7 nitrogen and oxygen atoms in total. The summed E-state index contributed by atoms with van der Waals surface area (Å²) in [6.07, 6.45) is 0.356. The van der Waals surface area contributed by atoms with Crippen molar-refractivity contribution in [3.05, 3.63) is 0 Å². The third kappa shape index (κ3) is 7.98. The van der Waals surface area contributed by atoms with Crippen LogP contribution in [0, 0.1) is 11.8 Å². The molecule has 0 aliphatic heterocycles. The number of aliphatic carboxylic acids is 1. The van der Waals surface area contributed by atoms with Gasteiger partial charge < -0.3 is 21.5 Å². The van der Waals surface area contributed by atoms with Gasteiger partial charge in [0, 0.05) is 19.4 Å². The number of rotatable bonds is 7. The normalized spacial score (nSPS) is 10.7. The van der Waals surface area contributed by atoms with Crippen molar-refractivity contribution in [2.45, 2.75) is 32.2 Å². The van der Waals surface area contributed by atoms with Gasteiger partial charge in [-0.15, -0.1) is 11.8 Å². The number of carbonyl (C=O) groups excluding carboxylic acids is 2. The number of carboxylic acid groups (broad SMARTS) is 1. The molecule has 0 rings (SSSR count). The van der Waals surface area contributed by atoms with Crippen LogP contribution in [0.25, 0.3) is 0 Å². The lowest BCUT2D eigenvalue weighted by molar-refractivity contribution is -0.139. The van der Waals surface area contributed by atoms with E-state index in [4.69, 9.17) is 10.8 Å². The van der Waals surface area contributed by atoms with Crippen LogP contribution in [0.3, 0.4) is 0 Å². The summed E-state index contributed by atoms with van der Waals surface area (Å²) in [6, 6.07) is -1.74. The molecular formula is C11H17N3O4. The highest BCUT2D eigenvalue weighted by atomic mass is 16.4. The zero-order valence-corrected chi connectivity index (χ0v) is 10.2. The van der Waals surface area contributed by atoms with Crippen LogP contribution in [-0.2, 0) is 9.59 Å². The molecule has 7 heteroatoms. The van der Waals surface area contributed by atoms with Gasteiger partial charge in [-0.1, -0.05) is 0 Å². The molecule has 0 heterocycles. The Morgan fingerprint density at radius 2 is 2.06 bits per heavy atom. The van der Waals surface area contributed by atoms with Gasteiger partial charge in [-0.25, -0.2) is 9.59 Å². The van der Waals surface area contributed by atoms with Crippen LogP contribution in [0.5, 0.6) is 0 Å². The van der Waals surface area contributed by atoms with Crippen molar-refractivity contribution >= 4 is 17.9 Å². The first-order valence-corrected chi connectivity index (χ1v) is 5.42. The number of nitrogens with one attached hydrogen (secondary N) is 2. The molecule has 0 saturated heterocycles. The van der Waals surface area contributed by atoms with E-state index in [1.54, 1.807) is 6.92 Å².